The van der Waals surface area contributed by atoms with Gasteiger partial charge in [-0.15, -0.1) is 0 Å². The van der Waals surface area contributed by atoms with Crippen molar-refractivity contribution in [3.63, 3.8) is 0 Å². The summed E-state index contributed by atoms with van der Waals surface area (Å²) in [6, 6.07) is 23.7. The van der Waals surface area contributed by atoms with Gasteiger partial charge >= 0.3 is 0 Å². The third kappa shape index (κ3) is 6.42. The molecule has 3 N–H and O–H groups in total. The molecule has 0 aliphatic heterocycles. The molecule has 0 unspecified atom stereocenters. The Hall–Kier alpha value is -3.71. The van der Waals surface area contributed by atoms with Gasteiger partial charge in [-0.2, -0.15) is 0 Å². The van der Waals surface area contributed by atoms with Crippen LogP contribution in [-0.2, 0) is 11.4 Å². The van der Waals surface area contributed by atoms with E-state index in [1.54, 1.807) is 48.5 Å². The molecule has 3 rings (SSSR count). The first kappa shape index (κ1) is 21.0. The van der Waals surface area contributed by atoms with Crippen LogP contribution in [0.4, 0.5) is 11.4 Å². The largest absolute Gasteiger partial charge is 0.489 e. The molecular weight excluding hydrogens is 398 g/mol. The van der Waals surface area contributed by atoms with Crippen LogP contribution in [0, 0.1) is 0 Å². The summed E-state index contributed by atoms with van der Waals surface area (Å²) in [7, 11) is 0. The minimum atomic E-state index is -0.322. The highest BCUT2D eigenvalue weighted by atomic mass is 32.1. The first-order chi connectivity index (χ1) is 14.5. The molecule has 0 bridgehead atoms. The maximum atomic E-state index is 12.4. The minimum Gasteiger partial charge on any atom is -0.489 e. The maximum absolute atomic E-state index is 12.4. The smallest absolute Gasteiger partial charge is 0.257 e. The van der Waals surface area contributed by atoms with E-state index in [-0.39, 0.29) is 16.9 Å². The fourth-order valence-electron chi connectivity index (χ4n) is 2.62. The summed E-state index contributed by atoms with van der Waals surface area (Å²) in [4.78, 5) is 23.4. The van der Waals surface area contributed by atoms with Gasteiger partial charge in [-0.1, -0.05) is 30.3 Å². The third-order valence-corrected chi connectivity index (χ3v) is 4.26. The first-order valence-corrected chi connectivity index (χ1v) is 9.67. The van der Waals surface area contributed by atoms with E-state index in [9.17, 15) is 9.59 Å². The lowest BCUT2D eigenvalue weighted by molar-refractivity contribution is -0.114. The van der Waals surface area contributed by atoms with Gasteiger partial charge in [0.15, 0.2) is 5.11 Å². The Morgan fingerprint density at radius 2 is 1.43 bits per heavy atom. The number of ether oxygens (including phenoxy) is 1. The zero-order valence-corrected chi connectivity index (χ0v) is 17.2. The molecule has 30 heavy (non-hydrogen) atoms. The van der Waals surface area contributed by atoms with Crippen LogP contribution in [0.3, 0.4) is 0 Å². The molecule has 0 aromatic heterocycles. The van der Waals surface area contributed by atoms with Gasteiger partial charge in [0.05, 0.1) is 0 Å². The highest BCUT2D eigenvalue weighted by molar-refractivity contribution is 7.80. The van der Waals surface area contributed by atoms with Gasteiger partial charge in [-0.3, -0.25) is 14.9 Å². The standard InChI is InChI=1S/C23H21N3O3S/c1-16(27)24-19-9-11-20(12-10-19)25-23(30)26-22(28)18-7-13-21(14-8-18)29-15-17-5-3-2-4-6-17/h2-14H,15H2,1H3,(H,24,27)(H2,25,26,28,30). The summed E-state index contributed by atoms with van der Waals surface area (Å²) in [6.45, 7) is 1.90. The highest BCUT2D eigenvalue weighted by Crippen LogP contribution is 2.15. The Bertz CT molecular complexity index is 1020. The Morgan fingerprint density at radius 1 is 0.833 bits per heavy atom. The van der Waals surface area contributed by atoms with E-state index in [4.69, 9.17) is 17.0 Å². The number of anilines is 2. The first-order valence-electron chi connectivity index (χ1n) is 9.26. The lowest BCUT2D eigenvalue weighted by Crippen LogP contribution is -2.34. The Kier molecular flexibility index (Phi) is 7.13. The quantitative estimate of drug-likeness (QED) is 0.518. The molecule has 6 nitrogen and oxygen atoms in total. The number of benzene rings is 3. The summed E-state index contributed by atoms with van der Waals surface area (Å²) >= 11 is 5.20. The average molecular weight is 420 g/mol. The molecule has 7 heteroatoms. The van der Waals surface area contributed by atoms with Gasteiger partial charge in [0, 0.05) is 23.9 Å². The molecule has 0 spiro atoms. The molecule has 3 aromatic rings. The number of hydrogen-bond acceptors (Lipinski definition) is 4. The van der Waals surface area contributed by atoms with Crippen molar-refractivity contribution in [1.82, 2.24) is 5.32 Å². The second kappa shape index (κ2) is 10.2. The number of thiocarbonyl (C=S) groups is 1. The van der Waals surface area contributed by atoms with Crippen molar-refractivity contribution in [2.45, 2.75) is 13.5 Å². The molecule has 152 valence electrons. The van der Waals surface area contributed by atoms with Gasteiger partial charge in [0.25, 0.3) is 5.91 Å². The summed E-state index contributed by atoms with van der Waals surface area (Å²) in [5.74, 6) is 0.210. The van der Waals surface area contributed by atoms with Crippen LogP contribution in [-0.4, -0.2) is 16.9 Å². The van der Waals surface area contributed by atoms with Crippen LogP contribution in [0.2, 0.25) is 0 Å². The van der Waals surface area contributed by atoms with E-state index in [0.29, 0.717) is 29.3 Å². The van der Waals surface area contributed by atoms with Crippen molar-refractivity contribution < 1.29 is 14.3 Å². The van der Waals surface area contributed by atoms with E-state index in [0.717, 1.165) is 5.56 Å². The van der Waals surface area contributed by atoms with Crippen molar-refractivity contribution in [2.24, 2.45) is 0 Å². The highest BCUT2D eigenvalue weighted by Gasteiger charge is 2.08. The molecule has 0 radical (unpaired) electrons. The van der Waals surface area contributed by atoms with Crippen molar-refractivity contribution in [3.8, 4) is 5.75 Å². The number of amides is 2. The van der Waals surface area contributed by atoms with Crippen molar-refractivity contribution >= 4 is 40.5 Å². The van der Waals surface area contributed by atoms with Crippen LogP contribution < -0.4 is 20.7 Å². The predicted octanol–water partition coefficient (Wildman–Crippen LogP) is 4.35. The molecule has 0 aliphatic carbocycles. The number of rotatable bonds is 6. The SMILES string of the molecule is CC(=O)Nc1ccc(NC(=S)NC(=O)c2ccc(OCc3ccccc3)cc2)cc1. The van der Waals surface area contributed by atoms with Gasteiger partial charge in [-0.25, -0.2) is 0 Å². The average Bonchev–Trinajstić information content (AvgIpc) is 2.74. The Labute approximate surface area is 180 Å². The number of hydrogen-bond donors (Lipinski definition) is 3. The Morgan fingerprint density at radius 3 is 2.03 bits per heavy atom. The molecule has 0 heterocycles. The minimum absolute atomic E-state index is 0.144. The molecule has 0 aliphatic rings. The molecule has 0 saturated heterocycles. The number of carbonyl (C=O) groups is 2. The predicted molar refractivity (Wildman–Crippen MR) is 122 cm³/mol. The van der Waals surface area contributed by atoms with E-state index >= 15 is 0 Å². The number of nitrogens with one attached hydrogen (secondary N) is 3. The fourth-order valence-corrected chi connectivity index (χ4v) is 2.83. The van der Waals surface area contributed by atoms with Crippen LogP contribution in [0.1, 0.15) is 22.8 Å². The summed E-state index contributed by atoms with van der Waals surface area (Å²) in [6.07, 6.45) is 0. The van der Waals surface area contributed by atoms with Crippen LogP contribution in [0.15, 0.2) is 78.9 Å². The molecule has 0 saturated carbocycles. The Balaban J connectivity index is 1.50. The third-order valence-electron chi connectivity index (χ3n) is 4.06. The zero-order valence-electron chi connectivity index (χ0n) is 16.3. The van der Waals surface area contributed by atoms with Crippen LogP contribution in [0.25, 0.3) is 0 Å². The second-order valence-electron chi connectivity index (χ2n) is 6.47. The van der Waals surface area contributed by atoms with Gasteiger partial charge in [-0.05, 0) is 66.3 Å². The summed E-state index contributed by atoms with van der Waals surface area (Å²) in [5, 5.41) is 8.43. The van der Waals surface area contributed by atoms with Crippen molar-refractivity contribution in [2.75, 3.05) is 10.6 Å². The molecule has 3 aromatic carbocycles. The van der Waals surface area contributed by atoms with E-state index < -0.39 is 0 Å². The topological polar surface area (TPSA) is 79.5 Å². The maximum Gasteiger partial charge on any atom is 0.257 e. The lowest BCUT2D eigenvalue weighted by atomic mass is 10.2. The molecule has 0 fully saturated rings. The summed E-state index contributed by atoms with van der Waals surface area (Å²) in [5.41, 5.74) is 2.91. The van der Waals surface area contributed by atoms with Crippen molar-refractivity contribution in [1.29, 1.82) is 0 Å². The summed E-state index contributed by atoms with van der Waals surface area (Å²) < 4.78 is 5.72. The fraction of sp³-hybridized carbons (Fsp3) is 0.0870. The number of carbonyl (C=O) groups excluding carboxylic acids is 2. The van der Waals surface area contributed by atoms with Crippen LogP contribution >= 0.6 is 12.2 Å². The van der Waals surface area contributed by atoms with Crippen LogP contribution in [0.5, 0.6) is 5.75 Å². The molecule has 0 atom stereocenters. The van der Waals surface area contributed by atoms with E-state index in [1.807, 2.05) is 30.3 Å². The van der Waals surface area contributed by atoms with E-state index in [2.05, 4.69) is 16.0 Å². The van der Waals surface area contributed by atoms with Gasteiger partial charge < -0.3 is 15.4 Å². The molecular formula is C23H21N3O3S. The van der Waals surface area contributed by atoms with Crippen molar-refractivity contribution in [3.05, 3.63) is 90.0 Å². The second-order valence-corrected chi connectivity index (χ2v) is 6.87. The lowest BCUT2D eigenvalue weighted by Gasteiger charge is -2.11. The van der Waals surface area contributed by atoms with Gasteiger partial charge in [0.2, 0.25) is 5.91 Å². The monoisotopic (exact) mass is 419 g/mol. The normalized spacial score (nSPS) is 10.0. The zero-order chi connectivity index (χ0) is 21.3. The van der Waals surface area contributed by atoms with E-state index in [1.165, 1.54) is 6.92 Å². The van der Waals surface area contributed by atoms with Gasteiger partial charge in [0.1, 0.15) is 12.4 Å². The molecule has 2 amide bonds.